The summed E-state index contributed by atoms with van der Waals surface area (Å²) >= 11 is 0. The highest BCUT2D eigenvalue weighted by Gasteiger charge is 2.68. The zero-order valence-corrected chi connectivity index (χ0v) is 18.6. The van der Waals surface area contributed by atoms with Crippen molar-refractivity contribution < 1.29 is 18.9 Å². The fourth-order valence-corrected chi connectivity index (χ4v) is 8.52. The highest BCUT2D eigenvalue weighted by atomic mass is 16.7. The van der Waals surface area contributed by atoms with Crippen molar-refractivity contribution in [1.29, 1.82) is 0 Å². The summed E-state index contributed by atoms with van der Waals surface area (Å²) in [5, 5.41) is 0. The quantitative estimate of drug-likeness (QED) is 0.558. The van der Waals surface area contributed by atoms with Crippen LogP contribution in [0.1, 0.15) is 58.8 Å². The number of rotatable bonds is 1. The fourth-order valence-electron chi connectivity index (χ4n) is 8.52. The maximum atomic E-state index is 6.35. The van der Waals surface area contributed by atoms with E-state index in [1.54, 1.807) is 11.1 Å². The van der Waals surface area contributed by atoms with Crippen molar-refractivity contribution in [1.82, 2.24) is 0 Å². The van der Waals surface area contributed by atoms with Gasteiger partial charge in [0, 0.05) is 24.7 Å². The van der Waals surface area contributed by atoms with Gasteiger partial charge in [-0.05, 0) is 48.9 Å². The third-order valence-electron chi connectivity index (χ3n) is 9.83. The van der Waals surface area contributed by atoms with Crippen LogP contribution in [0.4, 0.5) is 0 Å². The average Bonchev–Trinajstić information content (AvgIpc) is 3.45. The van der Waals surface area contributed by atoms with Crippen molar-refractivity contribution in [2.24, 2.45) is 28.6 Å². The Labute approximate surface area is 180 Å². The van der Waals surface area contributed by atoms with Gasteiger partial charge in [-0.1, -0.05) is 49.8 Å². The monoisotopic (exact) mass is 412 g/mol. The van der Waals surface area contributed by atoms with Crippen molar-refractivity contribution in [2.45, 2.75) is 70.4 Å². The molecule has 5 atom stereocenters. The maximum Gasteiger partial charge on any atom is 0.174 e. The molecule has 0 aromatic rings. The minimum Gasteiger partial charge on any atom is -0.347 e. The van der Waals surface area contributed by atoms with Gasteiger partial charge in [0.05, 0.1) is 26.4 Å². The Kier molecular flexibility index (Phi) is 4.30. The van der Waals surface area contributed by atoms with E-state index >= 15 is 0 Å². The molecule has 6 aliphatic rings. The smallest absolute Gasteiger partial charge is 0.174 e. The Bertz CT molecular complexity index is 800. The number of hydrogen-bond donors (Lipinski definition) is 0. The Balaban J connectivity index is 1.41. The van der Waals surface area contributed by atoms with Crippen LogP contribution >= 0.6 is 0 Å². The largest absolute Gasteiger partial charge is 0.347 e. The van der Waals surface area contributed by atoms with Crippen molar-refractivity contribution in [3.63, 3.8) is 0 Å². The number of ether oxygens (including phenoxy) is 4. The van der Waals surface area contributed by atoms with Gasteiger partial charge in [0.15, 0.2) is 11.6 Å². The summed E-state index contributed by atoms with van der Waals surface area (Å²) in [4.78, 5) is 0. The van der Waals surface area contributed by atoms with Crippen LogP contribution < -0.4 is 0 Å². The zero-order chi connectivity index (χ0) is 20.6. The van der Waals surface area contributed by atoms with Gasteiger partial charge in [-0.25, -0.2) is 0 Å². The zero-order valence-electron chi connectivity index (χ0n) is 18.6. The molecule has 5 fully saturated rings. The summed E-state index contributed by atoms with van der Waals surface area (Å²) < 4.78 is 24.9. The number of fused-ring (bicyclic) bond motifs is 6. The molecule has 0 unspecified atom stereocenters. The minimum absolute atomic E-state index is 0.0504. The van der Waals surface area contributed by atoms with Crippen LogP contribution in [0.5, 0.6) is 0 Å². The van der Waals surface area contributed by atoms with E-state index in [1.165, 1.54) is 6.42 Å². The van der Waals surface area contributed by atoms with E-state index in [2.05, 4.69) is 32.6 Å². The van der Waals surface area contributed by atoms with Crippen LogP contribution in [0.3, 0.4) is 0 Å². The molecule has 3 saturated carbocycles. The fraction of sp³-hybridized carbons (Fsp3) is 0.769. The first-order chi connectivity index (χ1) is 14.5. The lowest BCUT2D eigenvalue weighted by Crippen LogP contribution is -2.56. The summed E-state index contributed by atoms with van der Waals surface area (Å²) in [5.41, 5.74) is 3.37. The first-order valence-corrected chi connectivity index (χ1v) is 12.0. The third kappa shape index (κ3) is 2.42. The van der Waals surface area contributed by atoms with E-state index in [4.69, 9.17) is 18.9 Å². The van der Waals surface area contributed by atoms with Gasteiger partial charge in [-0.15, -0.1) is 0 Å². The molecule has 0 N–H and O–H groups in total. The molecule has 4 nitrogen and oxygen atoms in total. The van der Waals surface area contributed by atoms with Crippen LogP contribution in [0.2, 0.25) is 0 Å². The topological polar surface area (TPSA) is 36.9 Å². The molecule has 2 spiro atoms. The molecule has 0 radical (unpaired) electrons. The lowest BCUT2D eigenvalue weighted by molar-refractivity contribution is -0.236. The van der Waals surface area contributed by atoms with Gasteiger partial charge in [0.1, 0.15) is 0 Å². The number of allylic oxidation sites excluding steroid dienone is 4. The first kappa shape index (κ1) is 19.7. The van der Waals surface area contributed by atoms with Crippen LogP contribution in [-0.2, 0) is 18.9 Å². The van der Waals surface area contributed by atoms with Crippen LogP contribution in [-0.4, -0.2) is 38.0 Å². The molecule has 6 rings (SSSR count). The van der Waals surface area contributed by atoms with Gasteiger partial charge in [-0.2, -0.15) is 0 Å². The van der Waals surface area contributed by atoms with E-state index in [-0.39, 0.29) is 22.4 Å². The Hall–Kier alpha value is -0.940. The second-order valence-electron chi connectivity index (χ2n) is 11.0. The molecule has 2 saturated heterocycles. The standard InChI is InChI=1S/C26H36O4/c1-4-5-18-16-24(3)21(8-9-26(24)29-14-15-30-26)20-7-6-19-17-25(27-12-13-28-25)11-10-23(19,2)22(18)20/h4-6,20-22H,1,7-17H2,2-3H3/b18-5+/t20-,21-,22-,23-,24-/m0/s1. The van der Waals surface area contributed by atoms with E-state index in [0.717, 1.165) is 65.0 Å². The van der Waals surface area contributed by atoms with E-state index < -0.39 is 0 Å². The summed E-state index contributed by atoms with van der Waals surface area (Å²) in [6, 6.07) is 0. The van der Waals surface area contributed by atoms with E-state index in [1.807, 2.05) is 6.08 Å². The Morgan fingerprint density at radius 2 is 1.70 bits per heavy atom. The van der Waals surface area contributed by atoms with E-state index in [0.29, 0.717) is 17.8 Å². The number of hydrogen-bond acceptors (Lipinski definition) is 4. The van der Waals surface area contributed by atoms with Gasteiger partial charge in [0.2, 0.25) is 0 Å². The molecule has 4 heteroatoms. The molecule has 2 heterocycles. The van der Waals surface area contributed by atoms with Crippen LogP contribution in [0.15, 0.2) is 36.0 Å². The third-order valence-corrected chi connectivity index (χ3v) is 9.83. The molecule has 4 aliphatic carbocycles. The summed E-state index contributed by atoms with van der Waals surface area (Å²) in [7, 11) is 0. The van der Waals surface area contributed by atoms with Crippen molar-refractivity contribution in [2.75, 3.05) is 26.4 Å². The Morgan fingerprint density at radius 3 is 2.43 bits per heavy atom. The molecule has 0 aromatic heterocycles. The highest BCUT2D eigenvalue weighted by Crippen LogP contribution is 2.70. The molecule has 0 bridgehead atoms. The molecule has 0 aromatic carbocycles. The van der Waals surface area contributed by atoms with Crippen LogP contribution in [0, 0.1) is 28.6 Å². The van der Waals surface area contributed by atoms with Crippen molar-refractivity contribution in [3.05, 3.63) is 36.0 Å². The highest BCUT2D eigenvalue weighted by molar-refractivity contribution is 5.36. The van der Waals surface area contributed by atoms with Crippen molar-refractivity contribution in [3.8, 4) is 0 Å². The van der Waals surface area contributed by atoms with E-state index in [9.17, 15) is 0 Å². The van der Waals surface area contributed by atoms with Crippen molar-refractivity contribution >= 4 is 0 Å². The SMILES string of the molecule is C=C/C=C1\C[C@@]2(C)[C@@H](CCC23OCCO3)[C@@H]2CC=C3CC4(CC[C@]3(C)[C@@H]12)OCCO4. The first-order valence-electron chi connectivity index (χ1n) is 12.0. The average molecular weight is 413 g/mol. The molecular formula is C26H36O4. The van der Waals surface area contributed by atoms with Gasteiger partial charge in [0.25, 0.3) is 0 Å². The molecule has 30 heavy (non-hydrogen) atoms. The maximum absolute atomic E-state index is 6.35. The molecular weight excluding hydrogens is 376 g/mol. The summed E-state index contributed by atoms with van der Waals surface area (Å²) in [6.07, 6.45) is 14.4. The summed E-state index contributed by atoms with van der Waals surface area (Å²) in [5.74, 6) is 1.13. The Morgan fingerprint density at radius 1 is 0.967 bits per heavy atom. The molecule has 0 amide bonds. The molecule has 164 valence electrons. The van der Waals surface area contributed by atoms with Crippen LogP contribution in [0.25, 0.3) is 0 Å². The van der Waals surface area contributed by atoms with Gasteiger partial charge in [-0.3, -0.25) is 0 Å². The van der Waals surface area contributed by atoms with Gasteiger partial charge >= 0.3 is 0 Å². The molecule has 2 aliphatic heterocycles. The predicted molar refractivity (Wildman–Crippen MR) is 115 cm³/mol. The van der Waals surface area contributed by atoms with Gasteiger partial charge < -0.3 is 18.9 Å². The lowest BCUT2D eigenvalue weighted by Gasteiger charge is -2.60. The minimum atomic E-state index is -0.379. The normalized spacial score (nSPS) is 47.2. The lowest BCUT2D eigenvalue weighted by atomic mass is 9.46. The summed E-state index contributed by atoms with van der Waals surface area (Å²) in [6.45, 7) is 12.0. The second kappa shape index (κ2) is 6.54. The predicted octanol–water partition coefficient (Wildman–Crippen LogP) is 5.16. The second-order valence-corrected chi connectivity index (χ2v) is 11.0.